The molecule has 1 aliphatic heterocycles. The highest BCUT2D eigenvalue weighted by Gasteiger charge is 2.36. The lowest BCUT2D eigenvalue weighted by Gasteiger charge is -2.32. The van der Waals surface area contributed by atoms with E-state index in [0.29, 0.717) is 11.9 Å². The molecule has 0 amide bonds. The van der Waals surface area contributed by atoms with E-state index in [2.05, 4.69) is 39.9 Å². The second-order valence-corrected chi connectivity index (χ2v) is 7.11. The predicted octanol–water partition coefficient (Wildman–Crippen LogP) is 4.02. The van der Waals surface area contributed by atoms with Gasteiger partial charge in [0.1, 0.15) is 5.82 Å². The maximum atomic E-state index is 5.43. The summed E-state index contributed by atoms with van der Waals surface area (Å²) in [6, 6.07) is 4.73. The van der Waals surface area contributed by atoms with Crippen LogP contribution >= 0.6 is 0 Å². The Hall–Kier alpha value is -1.91. The van der Waals surface area contributed by atoms with Crippen molar-refractivity contribution >= 4 is 5.82 Å². The zero-order chi connectivity index (χ0) is 15.8. The Morgan fingerprint density at radius 1 is 1.22 bits per heavy atom. The predicted molar refractivity (Wildman–Crippen MR) is 89.3 cm³/mol. The number of hydrogen-bond acceptors (Lipinski definition) is 5. The molecule has 1 saturated heterocycles. The van der Waals surface area contributed by atoms with Crippen molar-refractivity contribution in [3.8, 4) is 11.5 Å². The van der Waals surface area contributed by atoms with Gasteiger partial charge in [-0.05, 0) is 37.3 Å². The molecule has 0 radical (unpaired) electrons. The highest BCUT2D eigenvalue weighted by atomic mass is 16.5. The van der Waals surface area contributed by atoms with Crippen LogP contribution in [0.25, 0.3) is 11.5 Å². The molecule has 2 fully saturated rings. The van der Waals surface area contributed by atoms with E-state index in [1.54, 1.807) is 0 Å². The maximum Gasteiger partial charge on any atom is 0.258 e. The van der Waals surface area contributed by atoms with Crippen molar-refractivity contribution in [2.75, 3.05) is 11.4 Å². The first-order valence-corrected chi connectivity index (χ1v) is 8.79. The molecule has 2 unspecified atom stereocenters. The van der Waals surface area contributed by atoms with Crippen molar-refractivity contribution in [3.05, 3.63) is 24.2 Å². The molecule has 0 N–H and O–H groups in total. The molecular weight excluding hydrogens is 288 g/mol. The molecule has 2 aromatic heterocycles. The van der Waals surface area contributed by atoms with Crippen molar-refractivity contribution < 1.29 is 4.52 Å². The zero-order valence-corrected chi connectivity index (χ0v) is 13.9. The molecule has 1 aliphatic carbocycles. The van der Waals surface area contributed by atoms with Gasteiger partial charge in [-0.25, -0.2) is 4.98 Å². The molecular formula is C18H24N4O. The minimum Gasteiger partial charge on any atom is -0.353 e. The van der Waals surface area contributed by atoms with Crippen molar-refractivity contribution in [3.63, 3.8) is 0 Å². The lowest BCUT2D eigenvalue weighted by Crippen LogP contribution is -2.35. The van der Waals surface area contributed by atoms with Gasteiger partial charge < -0.3 is 9.42 Å². The first-order chi connectivity index (χ1) is 11.2. The summed E-state index contributed by atoms with van der Waals surface area (Å²) >= 11 is 0. The van der Waals surface area contributed by atoms with Crippen molar-refractivity contribution in [1.82, 2.24) is 15.1 Å². The van der Waals surface area contributed by atoms with Crippen LogP contribution in [0.5, 0.6) is 0 Å². The van der Waals surface area contributed by atoms with Gasteiger partial charge in [-0.2, -0.15) is 4.98 Å². The molecule has 2 atom stereocenters. The van der Waals surface area contributed by atoms with E-state index in [1.165, 1.54) is 32.1 Å². The maximum absolute atomic E-state index is 5.43. The van der Waals surface area contributed by atoms with Gasteiger partial charge in [-0.3, -0.25) is 0 Å². The topological polar surface area (TPSA) is 55.1 Å². The summed E-state index contributed by atoms with van der Waals surface area (Å²) in [5.74, 6) is 3.53. The highest BCUT2D eigenvalue weighted by Crippen LogP contribution is 2.38. The third kappa shape index (κ3) is 2.73. The Bertz CT molecular complexity index is 681. The summed E-state index contributed by atoms with van der Waals surface area (Å²) in [7, 11) is 0. The molecule has 5 heteroatoms. The van der Waals surface area contributed by atoms with E-state index in [0.717, 1.165) is 29.7 Å². The van der Waals surface area contributed by atoms with Crippen molar-refractivity contribution in [2.24, 2.45) is 5.92 Å². The minimum absolute atomic E-state index is 0.274. The number of fused-ring (bicyclic) bond motifs is 1. The van der Waals surface area contributed by atoms with Gasteiger partial charge in [0.05, 0.1) is 0 Å². The summed E-state index contributed by atoms with van der Waals surface area (Å²) < 4.78 is 5.43. The van der Waals surface area contributed by atoms with Crippen LogP contribution in [0.1, 0.15) is 57.7 Å². The van der Waals surface area contributed by atoms with Crippen LogP contribution in [-0.4, -0.2) is 27.7 Å². The Morgan fingerprint density at radius 3 is 2.91 bits per heavy atom. The van der Waals surface area contributed by atoms with E-state index in [-0.39, 0.29) is 5.92 Å². The van der Waals surface area contributed by atoms with Gasteiger partial charge >= 0.3 is 0 Å². The van der Waals surface area contributed by atoms with Crippen molar-refractivity contribution in [1.29, 1.82) is 0 Å². The molecule has 3 heterocycles. The number of aromatic nitrogens is 3. The van der Waals surface area contributed by atoms with Crippen LogP contribution in [0.15, 0.2) is 22.9 Å². The average Bonchev–Trinajstić information content (AvgIpc) is 3.22. The second-order valence-electron chi connectivity index (χ2n) is 7.11. The van der Waals surface area contributed by atoms with Gasteiger partial charge in [-0.15, -0.1) is 0 Å². The molecule has 0 aromatic carbocycles. The zero-order valence-electron chi connectivity index (χ0n) is 13.9. The number of pyridine rings is 1. The number of rotatable bonds is 3. The van der Waals surface area contributed by atoms with E-state index in [9.17, 15) is 0 Å². The number of anilines is 1. The fraction of sp³-hybridized carbons (Fsp3) is 0.611. The Balaban J connectivity index is 1.61. The van der Waals surface area contributed by atoms with Gasteiger partial charge in [0.15, 0.2) is 5.82 Å². The fourth-order valence-corrected chi connectivity index (χ4v) is 3.99. The Labute approximate surface area is 137 Å². The Kier molecular flexibility index (Phi) is 3.79. The Morgan fingerprint density at radius 2 is 2.09 bits per heavy atom. The van der Waals surface area contributed by atoms with Gasteiger partial charge in [0, 0.05) is 30.3 Å². The van der Waals surface area contributed by atoms with E-state index >= 15 is 0 Å². The molecule has 0 spiro atoms. The first kappa shape index (κ1) is 14.7. The van der Waals surface area contributed by atoms with Gasteiger partial charge in [0.2, 0.25) is 0 Å². The number of nitrogens with zero attached hydrogens (tertiary/aromatic N) is 4. The smallest absolute Gasteiger partial charge is 0.258 e. The molecule has 2 aliphatic rings. The number of hydrogen-bond donors (Lipinski definition) is 0. The molecule has 1 saturated carbocycles. The lowest BCUT2D eigenvalue weighted by molar-refractivity contribution is 0.341. The molecule has 0 bridgehead atoms. The highest BCUT2D eigenvalue weighted by molar-refractivity contribution is 5.59. The minimum atomic E-state index is 0.274. The summed E-state index contributed by atoms with van der Waals surface area (Å²) in [5, 5.41) is 4.06. The van der Waals surface area contributed by atoms with E-state index in [1.807, 2.05) is 12.3 Å². The molecule has 122 valence electrons. The van der Waals surface area contributed by atoms with E-state index < -0.39 is 0 Å². The second kappa shape index (κ2) is 5.95. The van der Waals surface area contributed by atoms with Crippen LogP contribution in [0.2, 0.25) is 0 Å². The van der Waals surface area contributed by atoms with Crippen LogP contribution in [-0.2, 0) is 0 Å². The summed E-state index contributed by atoms with van der Waals surface area (Å²) in [5.41, 5.74) is 0.966. The SMILES string of the molecule is CC(C)c1noc(-c2ccnc(N3CCC4CCCCC43)c2)n1. The van der Waals surface area contributed by atoms with Crippen LogP contribution in [0.3, 0.4) is 0 Å². The molecule has 5 nitrogen and oxygen atoms in total. The van der Waals surface area contributed by atoms with Gasteiger partial charge in [0.25, 0.3) is 5.89 Å². The molecule has 4 rings (SSSR count). The summed E-state index contributed by atoms with van der Waals surface area (Å²) in [4.78, 5) is 11.6. The third-order valence-electron chi connectivity index (χ3n) is 5.25. The first-order valence-electron chi connectivity index (χ1n) is 8.79. The van der Waals surface area contributed by atoms with Crippen LogP contribution in [0, 0.1) is 5.92 Å². The molecule has 23 heavy (non-hydrogen) atoms. The quantitative estimate of drug-likeness (QED) is 0.856. The lowest BCUT2D eigenvalue weighted by atomic mass is 9.85. The van der Waals surface area contributed by atoms with Gasteiger partial charge in [-0.1, -0.05) is 31.8 Å². The fourth-order valence-electron chi connectivity index (χ4n) is 3.99. The van der Waals surface area contributed by atoms with E-state index in [4.69, 9.17) is 4.52 Å². The summed E-state index contributed by atoms with van der Waals surface area (Å²) in [6.07, 6.45) is 8.58. The van der Waals surface area contributed by atoms with Crippen LogP contribution in [0.4, 0.5) is 5.82 Å². The third-order valence-corrected chi connectivity index (χ3v) is 5.25. The van der Waals surface area contributed by atoms with Crippen LogP contribution < -0.4 is 4.90 Å². The largest absolute Gasteiger partial charge is 0.353 e. The summed E-state index contributed by atoms with van der Waals surface area (Å²) in [6.45, 7) is 5.26. The monoisotopic (exact) mass is 312 g/mol. The molecule has 2 aromatic rings. The standard InChI is InChI=1S/C18H24N4O/c1-12(2)17-20-18(23-21-17)14-7-9-19-16(11-14)22-10-8-13-5-3-4-6-15(13)22/h7,9,11-13,15H,3-6,8,10H2,1-2H3. The van der Waals surface area contributed by atoms with Crippen molar-refractivity contribution in [2.45, 2.75) is 57.9 Å². The normalized spacial score (nSPS) is 24.2. The average molecular weight is 312 g/mol.